The molecule has 1 aromatic heterocycles. The third-order valence-corrected chi connectivity index (χ3v) is 3.70. The number of aryl methyl sites for hydroxylation is 1. The highest BCUT2D eigenvalue weighted by atomic mass is 79.9. The van der Waals surface area contributed by atoms with Gasteiger partial charge in [-0.1, -0.05) is 36.7 Å². The van der Waals surface area contributed by atoms with E-state index in [1.807, 2.05) is 4.68 Å². The SMILES string of the molecule is CCC(Br)CCCc1ncnn1CC(C)C. The third-order valence-electron chi connectivity index (χ3n) is 2.59. The Hall–Kier alpha value is -0.380. The fraction of sp³-hybridized carbons (Fsp3) is 0.833. The highest BCUT2D eigenvalue weighted by Crippen LogP contribution is 2.13. The molecule has 0 aliphatic heterocycles. The van der Waals surface area contributed by atoms with Crippen LogP contribution in [0.1, 0.15) is 45.9 Å². The van der Waals surface area contributed by atoms with Gasteiger partial charge < -0.3 is 0 Å². The first-order valence-corrected chi connectivity index (χ1v) is 7.05. The molecule has 0 fully saturated rings. The Kier molecular flexibility index (Phi) is 6.03. The molecular weight excluding hydrogens is 266 g/mol. The third kappa shape index (κ3) is 4.64. The van der Waals surface area contributed by atoms with Gasteiger partial charge in [-0.25, -0.2) is 9.67 Å². The number of rotatable bonds is 7. The first kappa shape index (κ1) is 13.7. The Morgan fingerprint density at radius 2 is 2.19 bits per heavy atom. The monoisotopic (exact) mass is 287 g/mol. The van der Waals surface area contributed by atoms with Gasteiger partial charge in [0.15, 0.2) is 0 Å². The van der Waals surface area contributed by atoms with Crippen molar-refractivity contribution in [3.05, 3.63) is 12.2 Å². The molecule has 16 heavy (non-hydrogen) atoms. The van der Waals surface area contributed by atoms with Gasteiger partial charge in [-0.15, -0.1) is 0 Å². The molecule has 0 saturated heterocycles. The zero-order valence-electron chi connectivity index (χ0n) is 10.5. The fourth-order valence-corrected chi connectivity index (χ4v) is 1.99. The normalized spacial score (nSPS) is 13.3. The van der Waals surface area contributed by atoms with Crippen molar-refractivity contribution in [1.82, 2.24) is 14.8 Å². The smallest absolute Gasteiger partial charge is 0.138 e. The number of nitrogens with zero attached hydrogens (tertiary/aromatic N) is 3. The van der Waals surface area contributed by atoms with E-state index >= 15 is 0 Å². The van der Waals surface area contributed by atoms with Gasteiger partial charge in [-0.05, 0) is 25.2 Å². The predicted molar refractivity (Wildman–Crippen MR) is 70.8 cm³/mol. The van der Waals surface area contributed by atoms with Crippen LogP contribution in [0.25, 0.3) is 0 Å². The van der Waals surface area contributed by atoms with E-state index in [4.69, 9.17) is 0 Å². The van der Waals surface area contributed by atoms with Crippen molar-refractivity contribution in [2.75, 3.05) is 0 Å². The maximum Gasteiger partial charge on any atom is 0.138 e. The topological polar surface area (TPSA) is 30.7 Å². The number of aromatic nitrogens is 3. The van der Waals surface area contributed by atoms with Gasteiger partial charge in [0.05, 0.1) is 0 Å². The van der Waals surface area contributed by atoms with Crippen LogP contribution in [-0.2, 0) is 13.0 Å². The molecule has 1 aromatic rings. The molecule has 1 atom stereocenters. The lowest BCUT2D eigenvalue weighted by Crippen LogP contribution is -2.10. The summed E-state index contributed by atoms with van der Waals surface area (Å²) in [6.45, 7) is 7.59. The van der Waals surface area contributed by atoms with E-state index in [0.717, 1.165) is 18.8 Å². The maximum atomic E-state index is 4.33. The lowest BCUT2D eigenvalue weighted by atomic mass is 10.1. The first-order chi connectivity index (χ1) is 7.63. The molecule has 4 heteroatoms. The van der Waals surface area contributed by atoms with E-state index in [0.29, 0.717) is 10.7 Å². The minimum absolute atomic E-state index is 0.625. The molecule has 3 nitrogen and oxygen atoms in total. The summed E-state index contributed by atoms with van der Waals surface area (Å²) in [6.07, 6.45) is 6.29. The van der Waals surface area contributed by atoms with Gasteiger partial charge in [0, 0.05) is 17.8 Å². The second kappa shape index (κ2) is 7.05. The van der Waals surface area contributed by atoms with Crippen LogP contribution in [0.4, 0.5) is 0 Å². The van der Waals surface area contributed by atoms with E-state index in [-0.39, 0.29) is 0 Å². The summed E-state index contributed by atoms with van der Waals surface area (Å²) in [7, 11) is 0. The summed E-state index contributed by atoms with van der Waals surface area (Å²) < 4.78 is 2.04. The van der Waals surface area contributed by atoms with Gasteiger partial charge in [0.1, 0.15) is 12.2 Å². The molecule has 0 bridgehead atoms. The van der Waals surface area contributed by atoms with Crippen molar-refractivity contribution in [1.29, 1.82) is 0 Å². The summed E-state index contributed by atoms with van der Waals surface area (Å²) in [6, 6.07) is 0. The van der Waals surface area contributed by atoms with Gasteiger partial charge in [0.25, 0.3) is 0 Å². The Balaban J connectivity index is 2.38. The minimum atomic E-state index is 0.625. The molecule has 0 radical (unpaired) electrons. The van der Waals surface area contributed by atoms with E-state index in [1.165, 1.54) is 19.3 Å². The zero-order chi connectivity index (χ0) is 12.0. The van der Waals surface area contributed by atoms with Crippen LogP contribution >= 0.6 is 15.9 Å². The number of hydrogen-bond donors (Lipinski definition) is 0. The summed E-state index contributed by atoms with van der Waals surface area (Å²) in [4.78, 5) is 4.98. The van der Waals surface area contributed by atoms with E-state index in [2.05, 4.69) is 46.8 Å². The molecule has 1 rings (SSSR count). The average Bonchev–Trinajstić information content (AvgIpc) is 2.64. The lowest BCUT2D eigenvalue weighted by Gasteiger charge is -2.09. The molecule has 0 amide bonds. The Labute approximate surface area is 107 Å². The number of hydrogen-bond acceptors (Lipinski definition) is 2. The second-order valence-corrected chi connectivity index (χ2v) is 5.94. The van der Waals surface area contributed by atoms with Gasteiger partial charge in [0.2, 0.25) is 0 Å². The van der Waals surface area contributed by atoms with E-state index < -0.39 is 0 Å². The summed E-state index contributed by atoms with van der Waals surface area (Å²) in [5.74, 6) is 1.75. The quantitative estimate of drug-likeness (QED) is 0.720. The highest BCUT2D eigenvalue weighted by Gasteiger charge is 2.07. The summed E-state index contributed by atoms with van der Waals surface area (Å²) >= 11 is 3.66. The number of halogens is 1. The minimum Gasteiger partial charge on any atom is -0.250 e. The number of alkyl halides is 1. The van der Waals surface area contributed by atoms with Crippen molar-refractivity contribution < 1.29 is 0 Å². The maximum absolute atomic E-state index is 4.33. The van der Waals surface area contributed by atoms with Crippen LogP contribution < -0.4 is 0 Å². The van der Waals surface area contributed by atoms with E-state index in [9.17, 15) is 0 Å². The Morgan fingerprint density at radius 3 is 2.81 bits per heavy atom. The summed E-state index contributed by atoms with van der Waals surface area (Å²) in [5, 5.41) is 4.27. The van der Waals surface area contributed by atoms with Crippen molar-refractivity contribution in [3.63, 3.8) is 0 Å². The van der Waals surface area contributed by atoms with Gasteiger partial charge >= 0.3 is 0 Å². The molecule has 0 aliphatic rings. The van der Waals surface area contributed by atoms with Gasteiger partial charge in [-0.3, -0.25) is 0 Å². The molecule has 1 unspecified atom stereocenters. The van der Waals surface area contributed by atoms with Crippen molar-refractivity contribution in [2.45, 2.75) is 57.8 Å². The molecule has 0 saturated carbocycles. The lowest BCUT2D eigenvalue weighted by molar-refractivity contribution is 0.462. The zero-order valence-corrected chi connectivity index (χ0v) is 12.1. The van der Waals surface area contributed by atoms with Crippen LogP contribution in [0.3, 0.4) is 0 Å². The van der Waals surface area contributed by atoms with Crippen molar-refractivity contribution >= 4 is 15.9 Å². The average molecular weight is 288 g/mol. The van der Waals surface area contributed by atoms with Crippen molar-refractivity contribution in [3.8, 4) is 0 Å². The molecule has 0 N–H and O–H groups in total. The predicted octanol–water partition coefficient (Wildman–Crippen LogP) is 3.43. The van der Waals surface area contributed by atoms with Gasteiger partial charge in [-0.2, -0.15) is 5.10 Å². The summed E-state index contributed by atoms with van der Waals surface area (Å²) in [5.41, 5.74) is 0. The van der Waals surface area contributed by atoms with Crippen LogP contribution in [0, 0.1) is 5.92 Å². The van der Waals surface area contributed by atoms with Crippen molar-refractivity contribution in [2.24, 2.45) is 5.92 Å². The van der Waals surface area contributed by atoms with Crippen LogP contribution in [-0.4, -0.2) is 19.6 Å². The molecule has 0 spiro atoms. The Morgan fingerprint density at radius 1 is 1.44 bits per heavy atom. The van der Waals surface area contributed by atoms with Crippen LogP contribution in [0.2, 0.25) is 0 Å². The Bertz CT molecular complexity index is 296. The highest BCUT2D eigenvalue weighted by molar-refractivity contribution is 9.09. The molecule has 92 valence electrons. The standard InChI is InChI=1S/C12H22BrN3/c1-4-11(13)6-5-7-12-14-9-15-16(12)8-10(2)3/h9-11H,4-8H2,1-3H3. The fourth-order valence-electron chi connectivity index (χ4n) is 1.67. The largest absolute Gasteiger partial charge is 0.250 e. The first-order valence-electron chi connectivity index (χ1n) is 6.14. The van der Waals surface area contributed by atoms with Crippen LogP contribution in [0.15, 0.2) is 6.33 Å². The molecule has 1 heterocycles. The molecule has 0 aromatic carbocycles. The van der Waals surface area contributed by atoms with E-state index in [1.54, 1.807) is 6.33 Å². The van der Waals surface area contributed by atoms with Crippen LogP contribution in [0.5, 0.6) is 0 Å². The molecule has 0 aliphatic carbocycles. The second-order valence-electron chi connectivity index (χ2n) is 4.65. The molecular formula is C12H22BrN3.